The van der Waals surface area contributed by atoms with Gasteiger partial charge in [-0.25, -0.2) is 9.97 Å². The molecular formula is C18H18N4O3. The van der Waals surface area contributed by atoms with Crippen LogP contribution < -0.4 is 10.6 Å². The highest BCUT2D eigenvalue weighted by Crippen LogP contribution is 2.26. The highest BCUT2D eigenvalue weighted by Gasteiger charge is 2.11. The number of rotatable bonds is 5. The maximum Gasteiger partial charge on any atom is 0.286 e. The van der Waals surface area contributed by atoms with Gasteiger partial charge in [-0.2, -0.15) is 0 Å². The lowest BCUT2D eigenvalue weighted by molar-refractivity contribution is 0.0934. The van der Waals surface area contributed by atoms with Gasteiger partial charge in [-0.1, -0.05) is 12.1 Å². The number of anilines is 1. The van der Waals surface area contributed by atoms with Gasteiger partial charge >= 0.3 is 0 Å². The summed E-state index contributed by atoms with van der Waals surface area (Å²) in [6.07, 6.45) is 0. The standard InChI is InChI=1S/C18H18N4O3/c1-11-9-16(20-10-12-7-8-15(25-12)18(24)19-2)22-17(21-11)13-5-3-4-6-14(13)23/h3-9,23H,10H2,1-2H3,(H,19,24)(H,20,21,22). The van der Waals surface area contributed by atoms with Crippen LogP contribution >= 0.6 is 0 Å². The van der Waals surface area contributed by atoms with Gasteiger partial charge in [-0.15, -0.1) is 0 Å². The number of amides is 1. The highest BCUT2D eigenvalue weighted by atomic mass is 16.4. The molecule has 0 atom stereocenters. The number of aromatic hydroxyl groups is 1. The molecule has 0 fully saturated rings. The van der Waals surface area contributed by atoms with Crippen LogP contribution in [0.2, 0.25) is 0 Å². The molecular weight excluding hydrogens is 320 g/mol. The third kappa shape index (κ3) is 3.77. The Labute approximate surface area is 144 Å². The van der Waals surface area contributed by atoms with E-state index in [1.807, 2.05) is 13.0 Å². The molecule has 0 spiro atoms. The molecule has 0 saturated carbocycles. The van der Waals surface area contributed by atoms with Gasteiger partial charge in [0.05, 0.1) is 12.1 Å². The summed E-state index contributed by atoms with van der Waals surface area (Å²) in [5, 5.41) is 15.6. The minimum Gasteiger partial charge on any atom is -0.507 e. The number of hydrogen-bond acceptors (Lipinski definition) is 6. The van der Waals surface area contributed by atoms with E-state index in [0.717, 1.165) is 5.69 Å². The Bertz CT molecular complexity index is 905. The van der Waals surface area contributed by atoms with Crippen molar-refractivity contribution in [2.75, 3.05) is 12.4 Å². The molecule has 3 rings (SSSR count). The van der Waals surface area contributed by atoms with Gasteiger partial charge in [0, 0.05) is 18.8 Å². The molecule has 0 aliphatic rings. The van der Waals surface area contributed by atoms with Crippen molar-refractivity contribution in [3.8, 4) is 17.1 Å². The Hall–Kier alpha value is -3.35. The SMILES string of the molecule is CNC(=O)c1ccc(CNc2cc(C)nc(-c3ccccc3O)n2)o1. The third-order valence-electron chi connectivity index (χ3n) is 3.56. The summed E-state index contributed by atoms with van der Waals surface area (Å²) < 4.78 is 5.46. The molecule has 25 heavy (non-hydrogen) atoms. The zero-order chi connectivity index (χ0) is 17.8. The van der Waals surface area contributed by atoms with Crippen LogP contribution in [0.3, 0.4) is 0 Å². The number of hydrogen-bond donors (Lipinski definition) is 3. The molecule has 2 aromatic heterocycles. The molecule has 128 valence electrons. The number of aromatic nitrogens is 2. The van der Waals surface area contributed by atoms with Crippen molar-refractivity contribution >= 4 is 11.7 Å². The van der Waals surface area contributed by atoms with Crippen LogP contribution in [0.25, 0.3) is 11.4 Å². The Balaban J connectivity index is 1.78. The number of phenolic OH excluding ortho intramolecular Hbond substituents is 1. The summed E-state index contributed by atoms with van der Waals surface area (Å²) in [6, 6.07) is 12.1. The van der Waals surface area contributed by atoms with E-state index in [9.17, 15) is 9.90 Å². The molecule has 0 radical (unpaired) electrons. The van der Waals surface area contributed by atoms with E-state index in [-0.39, 0.29) is 17.4 Å². The van der Waals surface area contributed by atoms with Gasteiger partial charge in [-0.3, -0.25) is 4.79 Å². The molecule has 3 N–H and O–H groups in total. The van der Waals surface area contributed by atoms with Gasteiger partial charge in [0.15, 0.2) is 11.6 Å². The summed E-state index contributed by atoms with van der Waals surface area (Å²) in [6.45, 7) is 2.22. The molecule has 7 heteroatoms. The minimum atomic E-state index is -0.272. The van der Waals surface area contributed by atoms with Crippen molar-refractivity contribution in [1.82, 2.24) is 15.3 Å². The maximum absolute atomic E-state index is 11.5. The number of aryl methyl sites for hydroxylation is 1. The Morgan fingerprint density at radius 1 is 1.20 bits per heavy atom. The first-order valence-electron chi connectivity index (χ1n) is 7.75. The van der Waals surface area contributed by atoms with E-state index < -0.39 is 0 Å². The average Bonchev–Trinajstić information content (AvgIpc) is 3.08. The predicted molar refractivity (Wildman–Crippen MR) is 93.3 cm³/mol. The topological polar surface area (TPSA) is 100 Å². The Morgan fingerprint density at radius 2 is 2.00 bits per heavy atom. The van der Waals surface area contributed by atoms with Crippen LogP contribution in [0, 0.1) is 6.92 Å². The maximum atomic E-state index is 11.5. The molecule has 1 aromatic carbocycles. The van der Waals surface area contributed by atoms with Gasteiger partial charge in [-0.05, 0) is 31.2 Å². The second-order valence-electron chi connectivity index (χ2n) is 5.43. The summed E-state index contributed by atoms with van der Waals surface area (Å²) >= 11 is 0. The highest BCUT2D eigenvalue weighted by molar-refractivity contribution is 5.91. The number of nitrogens with zero attached hydrogens (tertiary/aromatic N) is 2. The van der Waals surface area contributed by atoms with Crippen LogP contribution in [-0.4, -0.2) is 28.0 Å². The van der Waals surface area contributed by atoms with Crippen LogP contribution in [-0.2, 0) is 6.54 Å². The second-order valence-corrected chi connectivity index (χ2v) is 5.43. The summed E-state index contributed by atoms with van der Waals surface area (Å²) in [4.78, 5) is 20.3. The van der Waals surface area contributed by atoms with Crippen molar-refractivity contribution in [1.29, 1.82) is 0 Å². The summed E-state index contributed by atoms with van der Waals surface area (Å²) in [5.74, 6) is 1.76. The first-order chi connectivity index (χ1) is 12.1. The quantitative estimate of drug-likeness (QED) is 0.661. The van der Waals surface area contributed by atoms with Crippen molar-refractivity contribution in [3.63, 3.8) is 0 Å². The van der Waals surface area contributed by atoms with Crippen LogP contribution in [0.5, 0.6) is 5.75 Å². The molecule has 3 aromatic rings. The number of carbonyl (C=O) groups is 1. The molecule has 0 saturated heterocycles. The first-order valence-corrected chi connectivity index (χ1v) is 7.75. The summed E-state index contributed by atoms with van der Waals surface area (Å²) in [7, 11) is 1.55. The molecule has 7 nitrogen and oxygen atoms in total. The van der Waals surface area contributed by atoms with E-state index in [2.05, 4.69) is 20.6 Å². The fourth-order valence-electron chi connectivity index (χ4n) is 2.34. The lowest BCUT2D eigenvalue weighted by atomic mass is 10.2. The zero-order valence-corrected chi connectivity index (χ0v) is 13.9. The van der Waals surface area contributed by atoms with Gasteiger partial charge in [0.25, 0.3) is 5.91 Å². The monoisotopic (exact) mass is 338 g/mol. The number of phenols is 1. The smallest absolute Gasteiger partial charge is 0.286 e. The van der Waals surface area contributed by atoms with Crippen LogP contribution in [0.15, 0.2) is 46.9 Å². The fraction of sp³-hybridized carbons (Fsp3) is 0.167. The molecule has 0 aliphatic carbocycles. The van der Waals surface area contributed by atoms with Crippen LogP contribution in [0.4, 0.5) is 5.82 Å². The van der Waals surface area contributed by atoms with E-state index in [1.165, 1.54) is 0 Å². The van der Waals surface area contributed by atoms with Gasteiger partial charge in [0.1, 0.15) is 17.3 Å². The minimum absolute atomic E-state index is 0.125. The Morgan fingerprint density at radius 3 is 2.76 bits per heavy atom. The Kier molecular flexibility index (Phi) is 4.65. The summed E-state index contributed by atoms with van der Waals surface area (Å²) in [5.41, 5.74) is 1.33. The number of carbonyl (C=O) groups excluding carboxylic acids is 1. The zero-order valence-electron chi connectivity index (χ0n) is 13.9. The third-order valence-corrected chi connectivity index (χ3v) is 3.56. The fourth-order valence-corrected chi connectivity index (χ4v) is 2.34. The van der Waals surface area contributed by atoms with E-state index in [4.69, 9.17) is 4.42 Å². The number of nitrogens with one attached hydrogen (secondary N) is 2. The lowest BCUT2D eigenvalue weighted by Crippen LogP contribution is -2.16. The molecule has 1 amide bonds. The van der Waals surface area contributed by atoms with Crippen molar-refractivity contribution in [2.45, 2.75) is 13.5 Å². The molecule has 2 heterocycles. The number of para-hydroxylation sites is 1. The van der Waals surface area contributed by atoms with E-state index in [1.54, 1.807) is 43.4 Å². The molecule has 0 aliphatic heterocycles. The largest absolute Gasteiger partial charge is 0.507 e. The lowest BCUT2D eigenvalue weighted by Gasteiger charge is -2.08. The number of furan rings is 1. The van der Waals surface area contributed by atoms with E-state index >= 15 is 0 Å². The van der Waals surface area contributed by atoms with Gasteiger partial charge < -0.3 is 20.2 Å². The normalized spacial score (nSPS) is 10.5. The van der Waals surface area contributed by atoms with Crippen molar-refractivity contribution < 1.29 is 14.3 Å². The average molecular weight is 338 g/mol. The molecule has 0 bridgehead atoms. The predicted octanol–water partition coefficient (Wildman–Crippen LogP) is 2.72. The van der Waals surface area contributed by atoms with Crippen molar-refractivity contribution in [2.24, 2.45) is 0 Å². The van der Waals surface area contributed by atoms with E-state index in [0.29, 0.717) is 29.5 Å². The number of benzene rings is 1. The van der Waals surface area contributed by atoms with Crippen molar-refractivity contribution in [3.05, 3.63) is 59.7 Å². The molecule has 0 unspecified atom stereocenters. The van der Waals surface area contributed by atoms with Gasteiger partial charge in [0.2, 0.25) is 0 Å². The first kappa shape index (κ1) is 16.5. The van der Waals surface area contributed by atoms with Crippen LogP contribution in [0.1, 0.15) is 22.0 Å². The second kappa shape index (κ2) is 7.04.